The van der Waals surface area contributed by atoms with Crippen molar-refractivity contribution < 1.29 is 4.74 Å². The second-order valence-corrected chi connectivity index (χ2v) is 10.2. The van der Waals surface area contributed by atoms with E-state index in [4.69, 9.17) is 14.7 Å². The second-order valence-electron chi connectivity index (χ2n) is 9.06. The maximum atomic E-state index is 5.44. The molecule has 2 N–H and O–H groups in total. The van der Waals surface area contributed by atoms with Crippen LogP contribution in [0.4, 0.5) is 16.9 Å². The summed E-state index contributed by atoms with van der Waals surface area (Å²) in [6.07, 6.45) is 6.57. The van der Waals surface area contributed by atoms with Crippen molar-refractivity contribution in [3.8, 4) is 0 Å². The topological polar surface area (TPSA) is 78.4 Å². The SMILES string of the molecule is CN(C)c1nc(N[C@H]2CC[C@@H](NCc3cnc(N4CCOCC4)s3)CC2)nc2ccccc12. The van der Waals surface area contributed by atoms with Crippen LogP contribution in [-0.2, 0) is 11.3 Å². The highest BCUT2D eigenvalue weighted by Gasteiger charge is 2.22. The van der Waals surface area contributed by atoms with Gasteiger partial charge in [-0.2, -0.15) is 4.98 Å². The predicted octanol–water partition coefficient (Wildman–Crippen LogP) is 3.50. The summed E-state index contributed by atoms with van der Waals surface area (Å²) in [6, 6.07) is 9.17. The van der Waals surface area contributed by atoms with Crippen molar-refractivity contribution in [2.45, 2.75) is 44.3 Å². The van der Waals surface area contributed by atoms with E-state index >= 15 is 0 Å². The van der Waals surface area contributed by atoms with Crippen LogP contribution >= 0.6 is 11.3 Å². The summed E-state index contributed by atoms with van der Waals surface area (Å²) in [6.45, 7) is 4.36. The Balaban J connectivity index is 1.12. The Labute approximate surface area is 199 Å². The number of aromatic nitrogens is 3. The molecule has 0 bridgehead atoms. The molecule has 0 amide bonds. The Hall–Kier alpha value is -2.49. The molecule has 176 valence electrons. The molecule has 3 heterocycles. The number of hydrogen-bond donors (Lipinski definition) is 2. The van der Waals surface area contributed by atoms with Crippen LogP contribution in [-0.4, -0.2) is 67.4 Å². The molecule has 1 aliphatic carbocycles. The Morgan fingerprint density at radius 3 is 2.61 bits per heavy atom. The van der Waals surface area contributed by atoms with Gasteiger partial charge in [-0.25, -0.2) is 9.97 Å². The zero-order valence-corrected chi connectivity index (χ0v) is 20.3. The first-order valence-corrected chi connectivity index (χ1v) is 12.7. The van der Waals surface area contributed by atoms with Gasteiger partial charge in [0.1, 0.15) is 5.82 Å². The molecule has 2 aliphatic rings. The number of fused-ring (bicyclic) bond motifs is 1. The Kier molecular flexibility index (Phi) is 6.89. The van der Waals surface area contributed by atoms with Crippen LogP contribution in [0.25, 0.3) is 10.9 Å². The van der Waals surface area contributed by atoms with E-state index in [2.05, 4.69) is 37.6 Å². The molecule has 8 nitrogen and oxygen atoms in total. The van der Waals surface area contributed by atoms with Gasteiger partial charge in [0.15, 0.2) is 5.13 Å². The number of nitrogens with one attached hydrogen (secondary N) is 2. The quantitative estimate of drug-likeness (QED) is 0.547. The molecule has 3 aromatic rings. The fourth-order valence-electron chi connectivity index (χ4n) is 4.61. The molecule has 0 atom stereocenters. The standard InChI is InChI=1S/C24H33N7OS/c1-30(2)22-20-5-3-4-6-21(20)28-23(29-22)27-18-9-7-17(8-10-18)25-15-19-16-26-24(33-19)31-11-13-32-14-12-31/h3-6,16-18,25H,7-15H2,1-2H3,(H,27,28,29)/t17-,18+. The van der Waals surface area contributed by atoms with Crippen LogP contribution in [0.2, 0.25) is 0 Å². The lowest BCUT2D eigenvalue weighted by Gasteiger charge is -2.30. The monoisotopic (exact) mass is 467 g/mol. The molecular formula is C24H33N7OS. The van der Waals surface area contributed by atoms with Crippen LogP contribution in [0.3, 0.4) is 0 Å². The average molecular weight is 468 g/mol. The average Bonchev–Trinajstić information content (AvgIpc) is 3.33. The minimum Gasteiger partial charge on any atom is -0.378 e. The lowest BCUT2D eigenvalue weighted by Crippen LogP contribution is -2.36. The Morgan fingerprint density at radius 2 is 1.82 bits per heavy atom. The number of rotatable bonds is 7. The van der Waals surface area contributed by atoms with Crippen LogP contribution in [0.5, 0.6) is 0 Å². The van der Waals surface area contributed by atoms with E-state index in [0.29, 0.717) is 12.1 Å². The normalized spacial score (nSPS) is 21.3. The van der Waals surface area contributed by atoms with Gasteiger partial charge in [0, 0.05) is 62.3 Å². The summed E-state index contributed by atoms with van der Waals surface area (Å²) in [5.41, 5.74) is 0.982. The number of hydrogen-bond acceptors (Lipinski definition) is 9. The highest BCUT2D eigenvalue weighted by atomic mass is 32.1. The summed E-state index contributed by atoms with van der Waals surface area (Å²) in [7, 11) is 4.06. The molecule has 1 aromatic carbocycles. The highest BCUT2D eigenvalue weighted by Crippen LogP contribution is 2.27. The predicted molar refractivity (Wildman–Crippen MR) is 136 cm³/mol. The van der Waals surface area contributed by atoms with Crippen molar-refractivity contribution in [2.24, 2.45) is 0 Å². The van der Waals surface area contributed by atoms with Crippen molar-refractivity contribution >= 4 is 39.1 Å². The van der Waals surface area contributed by atoms with Gasteiger partial charge in [-0.15, -0.1) is 11.3 Å². The van der Waals surface area contributed by atoms with Gasteiger partial charge in [0.25, 0.3) is 0 Å². The van der Waals surface area contributed by atoms with Gasteiger partial charge in [-0.3, -0.25) is 0 Å². The lowest BCUT2D eigenvalue weighted by atomic mass is 9.91. The second kappa shape index (κ2) is 10.2. The van der Waals surface area contributed by atoms with Gasteiger partial charge >= 0.3 is 0 Å². The van der Waals surface area contributed by atoms with E-state index in [9.17, 15) is 0 Å². The summed E-state index contributed by atoms with van der Waals surface area (Å²) < 4.78 is 5.44. The molecule has 9 heteroatoms. The summed E-state index contributed by atoms with van der Waals surface area (Å²) in [5, 5.41) is 9.56. The minimum atomic E-state index is 0.413. The molecule has 0 radical (unpaired) electrons. The van der Waals surface area contributed by atoms with Gasteiger partial charge < -0.3 is 25.2 Å². The van der Waals surface area contributed by atoms with Crippen molar-refractivity contribution in [1.82, 2.24) is 20.3 Å². The van der Waals surface area contributed by atoms with E-state index in [-0.39, 0.29) is 0 Å². The Morgan fingerprint density at radius 1 is 1.06 bits per heavy atom. The molecule has 2 aromatic heterocycles. The molecule has 1 saturated heterocycles. The van der Waals surface area contributed by atoms with Gasteiger partial charge in [0.05, 0.1) is 18.7 Å². The molecule has 33 heavy (non-hydrogen) atoms. The molecule has 1 saturated carbocycles. The van der Waals surface area contributed by atoms with E-state index < -0.39 is 0 Å². The first kappa shape index (κ1) is 22.3. The number of anilines is 3. The fourth-order valence-corrected chi connectivity index (χ4v) is 5.53. The summed E-state index contributed by atoms with van der Waals surface area (Å²) in [4.78, 5) is 19.9. The van der Waals surface area contributed by atoms with Crippen LogP contribution in [0.15, 0.2) is 30.5 Å². The maximum Gasteiger partial charge on any atom is 0.225 e. The molecular weight excluding hydrogens is 434 g/mol. The minimum absolute atomic E-state index is 0.413. The number of thiazole rings is 1. The molecule has 0 unspecified atom stereocenters. The first-order chi connectivity index (χ1) is 16.2. The van der Waals surface area contributed by atoms with E-state index in [1.54, 1.807) is 11.3 Å². The third kappa shape index (κ3) is 5.37. The number of nitrogens with zero attached hydrogens (tertiary/aromatic N) is 5. The lowest BCUT2D eigenvalue weighted by molar-refractivity contribution is 0.122. The van der Waals surface area contributed by atoms with E-state index in [0.717, 1.165) is 86.3 Å². The molecule has 2 fully saturated rings. The van der Waals surface area contributed by atoms with Crippen LogP contribution in [0.1, 0.15) is 30.6 Å². The number of ether oxygens (including phenoxy) is 1. The van der Waals surface area contributed by atoms with Crippen molar-refractivity contribution in [3.05, 3.63) is 35.3 Å². The van der Waals surface area contributed by atoms with Gasteiger partial charge in [-0.1, -0.05) is 12.1 Å². The molecule has 1 aliphatic heterocycles. The highest BCUT2D eigenvalue weighted by molar-refractivity contribution is 7.15. The summed E-state index contributed by atoms with van der Waals surface area (Å²) in [5.74, 6) is 1.69. The zero-order chi connectivity index (χ0) is 22.6. The third-order valence-corrected chi connectivity index (χ3v) is 7.51. The fraction of sp³-hybridized carbons (Fsp3) is 0.542. The first-order valence-electron chi connectivity index (χ1n) is 11.9. The van der Waals surface area contributed by atoms with Crippen molar-refractivity contribution in [1.29, 1.82) is 0 Å². The summed E-state index contributed by atoms with van der Waals surface area (Å²) >= 11 is 1.80. The van der Waals surface area contributed by atoms with Gasteiger partial charge in [-0.05, 0) is 37.8 Å². The molecule has 5 rings (SSSR count). The smallest absolute Gasteiger partial charge is 0.225 e. The van der Waals surface area contributed by atoms with Crippen LogP contribution < -0.4 is 20.4 Å². The van der Waals surface area contributed by atoms with Crippen LogP contribution in [0, 0.1) is 0 Å². The molecule has 0 spiro atoms. The van der Waals surface area contributed by atoms with Gasteiger partial charge in [0.2, 0.25) is 5.95 Å². The number of para-hydroxylation sites is 1. The van der Waals surface area contributed by atoms with Crippen molar-refractivity contribution in [2.75, 3.05) is 55.5 Å². The largest absolute Gasteiger partial charge is 0.378 e. The maximum absolute atomic E-state index is 5.44. The van der Waals surface area contributed by atoms with Crippen molar-refractivity contribution in [3.63, 3.8) is 0 Å². The third-order valence-electron chi connectivity index (χ3n) is 6.46. The zero-order valence-electron chi connectivity index (χ0n) is 19.5. The number of morpholine rings is 1. The Bertz CT molecular complexity index is 1060. The van der Waals surface area contributed by atoms with E-state index in [1.165, 1.54) is 4.88 Å². The number of benzene rings is 1. The van der Waals surface area contributed by atoms with E-state index in [1.807, 2.05) is 32.4 Å².